The fourth-order valence-corrected chi connectivity index (χ4v) is 3.91. The van der Waals surface area contributed by atoms with Gasteiger partial charge in [-0.25, -0.2) is 0 Å². The number of hydrogen-bond acceptors (Lipinski definition) is 6. The van der Waals surface area contributed by atoms with Crippen molar-refractivity contribution in [1.29, 1.82) is 0 Å². The minimum absolute atomic E-state index is 0.122. The molecule has 174 valence electrons. The summed E-state index contributed by atoms with van der Waals surface area (Å²) in [5.74, 6) is 1.59. The first-order valence-corrected chi connectivity index (χ1v) is 11.6. The van der Waals surface area contributed by atoms with E-state index in [0.29, 0.717) is 28.2 Å². The van der Waals surface area contributed by atoms with Crippen LogP contribution in [-0.2, 0) is 11.8 Å². The number of rotatable bonds is 9. The molecule has 1 heterocycles. The highest BCUT2D eigenvalue weighted by Gasteiger charge is 2.19. The van der Waals surface area contributed by atoms with Crippen LogP contribution in [-0.4, -0.2) is 39.4 Å². The summed E-state index contributed by atoms with van der Waals surface area (Å²) in [6, 6.07) is 14.4. The molecule has 0 radical (unpaired) electrons. The molecule has 2 amide bonds. The molecule has 1 atom stereocenters. The van der Waals surface area contributed by atoms with Crippen molar-refractivity contribution >= 4 is 29.3 Å². The fourth-order valence-electron chi connectivity index (χ4n) is 3.19. The summed E-state index contributed by atoms with van der Waals surface area (Å²) in [7, 11) is 3.39. The summed E-state index contributed by atoms with van der Waals surface area (Å²) < 4.78 is 6.91. The van der Waals surface area contributed by atoms with Crippen LogP contribution in [0.4, 0.5) is 5.69 Å². The molecule has 1 aromatic heterocycles. The fraction of sp³-hybridized carbons (Fsp3) is 0.333. The molecule has 3 aromatic rings. The number of aromatic nitrogens is 3. The average molecular weight is 468 g/mol. The Hall–Kier alpha value is -3.33. The lowest BCUT2D eigenvalue weighted by Gasteiger charge is -2.14. The highest BCUT2D eigenvalue weighted by Crippen LogP contribution is 2.21. The van der Waals surface area contributed by atoms with Crippen molar-refractivity contribution < 1.29 is 14.3 Å². The first kappa shape index (κ1) is 24.3. The Morgan fingerprint density at radius 2 is 1.70 bits per heavy atom. The lowest BCUT2D eigenvalue weighted by molar-refractivity contribution is -0.113. The molecule has 0 saturated carbocycles. The molecule has 33 heavy (non-hydrogen) atoms. The number of nitrogens with one attached hydrogen (secondary N) is 2. The van der Waals surface area contributed by atoms with Crippen molar-refractivity contribution in [2.45, 2.75) is 37.9 Å². The maximum absolute atomic E-state index is 12.5. The van der Waals surface area contributed by atoms with Gasteiger partial charge in [0.25, 0.3) is 5.91 Å². The number of thioether (sulfide) groups is 1. The van der Waals surface area contributed by atoms with Gasteiger partial charge in [0.05, 0.1) is 18.9 Å². The number of nitrogens with zero attached hydrogens (tertiary/aromatic N) is 3. The van der Waals surface area contributed by atoms with Gasteiger partial charge in [-0.05, 0) is 54.8 Å². The Bertz CT molecular complexity index is 1090. The van der Waals surface area contributed by atoms with Crippen molar-refractivity contribution in [3.8, 4) is 5.75 Å². The second-order valence-electron chi connectivity index (χ2n) is 7.94. The maximum Gasteiger partial charge on any atom is 0.251 e. The van der Waals surface area contributed by atoms with Gasteiger partial charge in [-0.1, -0.05) is 37.7 Å². The van der Waals surface area contributed by atoms with Crippen molar-refractivity contribution in [2.75, 3.05) is 18.2 Å². The molecule has 2 aromatic carbocycles. The van der Waals surface area contributed by atoms with E-state index < -0.39 is 0 Å². The van der Waals surface area contributed by atoms with Gasteiger partial charge in [-0.15, -0.1) is 10.2 Å². The Labute approximate surface area is 198 Å². The SMILES string of the molecule is COc1ccc(C(=O)N[C@@H](C)c2nnc(SCC(=O)Nc3ccc(C(C)C)cc3)n2C)cc1. The number of carbonyl (C=O) groups excluding carboxylic acids is 2. The van der Waals surface area contributed by atoms with Crippen molar-refractivity contribution in [2.24, 2.45) is 7.05 Å². The van der Waals surface area contributed by atoms with E-state index in [0.717, 1.165) is 5.69 Å². The van der Waals surface area contributed by atoms with E-state index in [1.54, 1.807) is 35.9 Å². The number of benzene rings is 2. The highest BCUT2D eigenvalue weighted by atomic mass is 32.2. The first-order valence-electron chi connectivity index (χ1n) is 10.6. The van der Waals surface area contributed by atoms with Gasteiger partial charge in [-0.2, -0.15) is 0 Å². The molecule has 3 rings (SSSR count). The smallest absolute Gasteiger partial charge is 0.251 e. The van der Waals surface area contributed by atoms with E-state index in [1.807, 2.05) is 38.2 Å². The molecular formula is C24H29N5O3S. The summed E-state index contributed by atoms with van der Waals surface area (Å²) in [4.78, 5) is 24.9. The molecule has 0 spiro atoms. The van der Waals surface area contributed by atoms with E-state index in [9.17, 15) is 9.59 Å². The maximum atomic E-state index is 12.5. The quantitative estimate of drug-likeness (QED) is 0.459. The van der Waals surface area contributed by atoms with Gasteiger partial charge in [0.1, 0.15) is 5.75 Å². The van der Waals surface area contributed by atoms with Gasteiger partial charge in [0.2, 0.25) is 5.91 Å². The molecule has 0 fully saturated rings. The monoisotopic (exact) mass is 467 g/mol. The Balaban J connectivity index is 1.54. The number of hydrogen-bond donors (Lipinski definition) is 2. The minimum atomic E-state index is -0.361. The normalized spacial score (nSPS) is 11.8. The van der Waals surface area contributed by atoms with Crippen LogP contribution in [0.25, 0.3) is 0 Å². The zero-order valence-corrected chi connectivity index (χ0v) is 20.3. The van der Waals surface area contributed by atoms with Gasteiger partial charge in [-0.3, -0.25) is 9.59 Å². The van der Waals surface area contributed by atoms with Crippen LogP contribution in [0.15, 0.2) is 53.7 Å². The summed E-state index contributed by atoms with van der Waals surface area (Å²) in [5.41, 5.74) is 2.51. The van der Waals surface area contributed by atoms with Crippen LogP contribution in [0.1, 0.15) is 54.5 Å². The Morgan fingerprint density at radius 3 is 2.30 bits per heavy atom. The number of anilines is 1. The third-order valence-corrected chi connectivity index (χ3v) is 6.17. The molecule has 0 aliphatic carbocycles. The van der Waals surface area contributed by atoms with Crippen molar-refractivity contribution in [3.05, 3.63) is 65.5 Å². The predicted octanol–water partition coefficient (Wildman–Crippen LogP) is 4.17. The van der Waals surface area contributed by atoms with Gasteiger partial charge in [0, 0.05) is 18.3 Å². The first-order chi connectivity index (χ1) is 15.8. The Kier molecular flexibility index (Phi) is 8.11. The molecule has 0 aliphatic heterocycles. The third kappa shape index (κ3) is 6.35. The molecule has 2 N–H and O–H groups in total. The molecule has 0 unspecified atom stereocenters. The van der Waals surface area contributed by atoms with Gasteiger partial charge in [0.15, 0.2) is 11.0 Å². The Morgan fingerprint density at radius 1 is 1.03 bits per heavy atom. The summed E-state index contributed by atoms with van der Waals surface area (Å²) in [6.45, 7) is 6.10. The summed E-state index contributed by atoms with van der Waals surface area (Å²) in [5, 5.41) is 14.8. The largest absolute Gasteiger partial charge is 0.497 e. The van der Waals surface area contributed by atoms with Crippen LogP contribution >= 0.6 is 11.8 Å². The number of methoxy groups -OCH3 is 1. The number of ether oxygens (including phenoxy) is 1. The summed E-state index contributed by atoms with van der Waals surface area (Å²) in [6.07, 6.45) is 0. The zero-order valence-electron chi connectivity index (χ0n) is 19.5. The lowest BCUT2D eigenvalue weighted by Crippen LogP contribution is -2.28. The molecule has 0 bridgehead atoms. The molecule has 9 heteroatoms. The lowest BCUT2D eigenvalue weighted by atomic mass is 10.0. The van der Waals surface area contributed by atoms with Crippen LogP contribution in [0.2, 0.25) is 0 Å². The molecule has 0 aliphatic rings. The van der Waals surface area contributed by atoms with Crippen LogP contribution < -0.4 is 15.4 Å². The van der Waals surface area contributed by atoms with Crippen molar-refractivity contribution in [1.82, 2.24) is 20.1 Å². The zero-order chi connectivity index (χ0) is 24.0. The van der Waals surface area contributed by atoms with Crippen LogP contribution in [0.5, 0.6) is 5.75 Å². The average Bonchev–Trinajstić information content (AvgIpc) is 3.18. The molecule has 0 saturated heterocycles. The predicted molar refractivity (Wildman–Crippen MR) is 130 cm³/mol. The highest BCUT2D eigenvalue weighted by molar-refractivity contribution is 7.99. The van der Waals surface area contributed by atoms with E-state index in [2.05, 4.69) is 34.7 Å². The molecule has 8 nitrogen and oxygen atoms in total. The second-order valence-corrected chi connectivity index (χ2v) is 8.88. The van der Waals surface area contributed by atoms with Gasteiger partial charge >= 0.3 is 0 Å². The van der Waals surface area contributed by atoms with Crippen LogP contribution in [0.3, 0.4) is 0 Å². The van der Waals surface area contributed by atoms with E-state index in [4.69, 9.17) is 4.74 Å². The van der Waals surface area contributed by atoms with E-state index >= 15 is 0 Å². The standard InChI is InChI=1S/C24H29N5O3S/c1-15(2)17-6-10-19(11-7-17)26-21(30)14-33-24-28-27-22(29(24)4)16(3)25-23(31)18-8-12-20(32-5)13-9-18/h6-13,15-16H,14H2,1-5H3,(H,25,31)(H,26,30)/t16-/m0/s1. The number of amides is 2. The van der Waals surface area contributed by atoms with Gasteiger partial charge < -0.3 is 19.9 Å². The minimum Gasteiger partial charge on any atom is -0.497 e. The van der Waals surface area contributed by atoms with Crippen molar-refractivity contribution in [3.63, 3.8) is 0 Å². The van der Waals surface area contributed by atoms with E-state index in [-0.39, 0.29) is 23.6 Å². The van der Waals surface area contributed by atoms with E-state index in [1.165, 1.54) is 17.3 Å². The topological polar surface area (TPSA) is 98.1 Å². The second kappa shape index (κ2) is 11.0. The van der Waals surface area contributed by atoms with Crippen LogP contribution in [0, 0.1) is 0 Å². The summed E-state index contributed by atoms with van der Waals surface area (Å²) >= 11 is 1.29. The third-order valence-electron chi connectivity index (χ3n) is 5.15. The number of carbonyl (C=O) groups is 2. The molecular weight excluding hydrogens is 438 g/mol.